The summed E-state index contributed by atoms with van der Waals surface area (Å²) in [6.45, 7) is 0. The maximum atomic E-state index is 4.89. The van der Waals surface area contributed by atoms with Gasteiger partial charge in [0, 0.05) is 0 Å². The van der Waals surface area contributed by atoms with E-state index in [9.17, 15) is 0 Å². The van der Waals surface area contributed by atoms with Gasteiger partial charge in [0.25, 0.3) is 0 Å². The Hall–Kier alpha value is -1.87. The molecular formula is C26H23Cl2SiTi-2. The van der Waals surface area contributed by atoms with Crippen LogP contribution in [0, 0.1) is 0 Å². The van der Waals surface area contributed by atoms with Gasteiger partial charge in [0.2, 0.25) is 0 Å². The van der Waals surface area contributed by atoms with E-state index in [-0.39, 0.29) is 9.52 Å². The third-order valence-electron chi connectivity index (χ3n) is 4.04. The summed E-state index contributed by atoms with van der Waals surface area (Å²) >= 11 is -0.556. The second kappa shape index (κ2) is 15.9. The Morgan fingerprint density at radius 2 is 1.07 bits per heavy atom. The van der Waals surface area contributed by atoms with Crippen LogP contribution >= 0.6 is 18.6 Å². The minimum absolute atomic E-state index is 0.271. The molecule has 0 amide bonds. The van der Waals surface area contributed by atoms with Gasteiger partial charge in [-0.25, -0.2) is 12.1 Å². The second-order valence-corrected chi connectivity index (χ2v) is 10.4. The second-order valence-electron chi connectivity index (χ2n) is 6.15. The quantitative estimate of drug-likeness (QED) is 0.201. The van der Waals surface area contributed by atoms with Gasteiger partial charge in [-0.05, 0) is 0 Å². The normalized spacial score (nSPS) is 9.13. The number of hydrogen-bond donors (Lipinski definition) is 0. The summed E-state index contributed by atoms with van der Waals surface area (Å²) in [5.74, 6) is 0. The van der Waals surface area contributed by atoms with Crippen LogP contribution in [0.2, 0.25) is 0 Å². The Kier molecular flexibility index (Phi) is 12.9. The van der Waals surface area contributed by atoms with E-state index in [1.165, 1.54) is 21.1 Å². The molecule has 0 saturated heterocycles. The predicted molar refractivity (Wildman–Crippen MR) is 133 cm³/mol. The maximum absolute atomic E-state index is 4.89. The Balaban J connectivity index is 0.000000163. The molecule has 0 saturated carbocycles. The first-order valence-electron chi connectivity index (χ1n) is 9.51. The van der Waals surface area contributed by atoms with Gasteiger partial charge in [0.1, 0.15) is 9.52 Å². The van der Waals surface area contributed by atoms with Gasteiger partial charge in [0.15, 0.2) is 0 Å². The van der Waals surface area contributed by atoms with E-state index in [1.807, 2.05) is 30.3 Å². The predicted octanol–water partition coefficient (Wildman–Crippen LogP) is 6.41. The fourth-order valence-electron chi connectivity index (χ4n) is 2.68. The number of halogens is 2. The average molecular weight is 482 g/mol. The summed E-state index contributed by atoms with van der Waals surface area (Å²) in [7, 11) is 10.0. The molecule has 5 aromatic carbocycles. The Morgan fingerprint density at radius 3 is 1.53 bits per heavy atom. The van der Waals surface area contributed by atoms with Crippen molar-refractivity contribution >= 4 is 49.3 Å². The van der Waals surface area contributed by atoms with Crippen molar-refractivity contribution in [1.29, 1.82) is 0 Å². The average Bonchev–Trinajstić information content (AvgIpc) is 3.51. The standard InChI is InChI=1S/C12H11Si.C9H7.C5H5.2ClH.Ti/c1-3-7-11(8-4-1)13-12-9-5-2-6-10-12;1-2-5-9-7-3-6-8(9)4-1;1-2-4-5-3-1;;;/h1-10,13H;1-7H;1-5H;2*1H;/q;2*-1;;;+2/p-2. The van der Waals surface area contributed by atoms with Gasteiger partial charge in [0.05, 0.1) is 0 Å². The van der Waals surface area contributed by atoms with Crippen LogP contribution < -0.4 is 10.4 Å². The molecule has 5 aromatic rings. The van der Waals surface area contributed by atoms with E-state index < -0.39 is 17.0 Å². The van der Waals surface area contributed by atoms with E-state index in [0.29, 0.717) is 0 Å². The molecule has 0 spiro atoms. The monoisotopic (exact) mass is 481 g/mol. The van der Waals surface area contributed by atoms with E-state index >= 15 is 0 Å². The minimum atomic E-state index is -0.556. The largest absolute Gasteiger partial charge is 0.214 e. The van der Waals surface area contributed by atoms with E-state index in [2.05, 4.69) is 103 Å². The summed E-state index contributed by atoms with van der Waals surface area (Å²) in [5.41, 5.74) is 0. The Morgan fingerprint density at radius 1 is 0.567 bits per heavy atom. The fourth-order valence-corrected chi connectivity index (χ4v) is 3.90. The van der Waals surface area contributed by atoms with E-state index in [0.717, 1.165) is 0 Å². The molecule has 1 radical (unpaired) electrons. The molecule has 0 atom stereocenters. The van der Waals surface area contributed by atoms with E-state index in [4.69, 9.17) is 18.6 Å². The first-order chi connectivity index (χ1) is 14.8. The number of hydrogen-bond acceptors (Lipinski definition) is 0. The zero-order valence-corrected chi connectivity index (χ0v) is 20.8. The minimum Gasteiger partial charge on any atom is -0.214 e. The molecule has 0 fully saturated rings. The van der Waals surface area contributed by atoms with Gasteiger partial charge in [-0.3, -0.25) is 0 Å². The van der Waals surface area contributed by atoms with Crippen LogP contribution in [0.25, 0.3) is 10.8 Å². The molecule has 5 rings (SSSR count). The summed E-state index contributed by atoms with van der Waals surface area (Å²) in [6, 6.07) is 46.0. The van der Waals surface area contributed by atoms with Crippen molar-refractivity contribution in [3.8, 4) is 0 Å². The van der Waals surface area contributed by atoms with Crippen LogP contribution in [-0.2, 0) is 17.0 Å². The van der Waals surface area contributed by atoms with Gasteiger partial charge in [-0.2, -0.15) is 35.7 Å². The van der Waals surface area contributed by atoms with Crippen LogP contribution in [-0.4, -0.2) is 9.52 Å². The van der Waals surface area contributed by atoms with Crippen molar-refractivity contribution in [3.63, 3.8) is 0 Å². The summed E-state index contributed by atoms with van der Waals surface area (Å²) in [4.78, 5) is 0. The van der Waals surface area contributed by atoms with Gasteiger partial charge >= 0.3 is 35.6 Å². The zero-order valence-electron chi connectivity index (χ0n) is 16.5. The Bertz CT molecular complexity index is 928. The summed E-state index contributed by atoms with van der Waals surface area (Å²) < 4.78 is 0. The zero-order chi connectivity index (χ0) is 21.3. The Labute approximate surface area is 198 Å². The molecule has 0 aliphatic rings. The first kappa shape index (κ1) is 24.4. The van der Waals surface area contributed by atoms with Crippen molar-refractivity contribution in [1.82, 2.24) is 0 Å². The van der Waals surface area contributed by atoms with Gasteiger partial charge in [-0.1, -0.05) is 77.1 Å². The van der Waals surface area contributed by atoms with Crippen molar-refractivity contribution in [2.45, 2.75) is 0 Å². The molecule has 0 N–H and O–H groups in total. The first-order valence-corrected chi connectivity index (χ1v) is 15.0. The molecule has 151 valence electrons. The van der Waals surface area contributed by atoms with Crippen molar-refractivity contribution in [3.05, 3.63) is 133 Å². The van der Waals surface area contributed by atoms with Crippen LogP contribution in [0.5, 0.6) is 0 Å². The molecule has 0 nitrogen and oxygen atoms in total. The van der Waals surface area contributed by atoms with Crippen molar-refractivity contribution in [2.24, 2.45) is 0 Å². The third kappa shape index (κ3) is 10.2. The van der Waals surface area contributed by atoms with Gasteiger partial charge < -0.3 is 0 Å². The number of benzene rings is 3. The van der Waals surface area contributed by atoms with Gasteiger partial charge in [-0.15, -0.1) is 29.7 Å². The molecule has 0 heterocycles. The van der Waals surface area contributed by atoms with Crippen LogP contribution in [0.1, 0.15) is 0 Å². The van der Waals surface area contributed by atoms with Crippen LogP contribution in [0.3, 0.4) is 0 Å². The SMILES string of the molecule is [Cl][Ti][Cl].c1cc[cH-]c1.c1ccc([SiH]c2ccccc2)cc1.c1ccc2[cH-]ccc2c1. The molecule has 0 aliphatic heterocycles. The molecule has 0 bridgehead atoms. The number of fused-ring (bicyclic) bond motifs is 1. The topological polar surface area (TPSA) is 0 Å². The third-order valence-corrected chi connectivity index (χ3v) is 5.47. The molecule has 0 aromatic heterocycles. The summed E-state index contributed by atoms with van der Waals surface area (Å²) in [6.07, 6.45) is 0. The fraction of sp³-hybridized carbons (Fsp3) is 0. The van der Waals surface area contributed by atoms with E-state index in [1.54, 1.807) is 0 Å². The summed E-state index contributed by atoms with van der Waals surface area (Å²) in [5, 5.41) is 5.57. The molecule has 0 aliphatic carbocycles. The molecule has 4 heteroatoms. The van der Waals surface area contributed by atoms with Crippen molar-refractivity contribution < 1.29 is 17.0 Å². The number of rotatable bonds is 2. The smallest absolute Gasteiger partial charge is 0.103 e. The molecular weight excluding hydrogens is 459 g/mol. The maximum Gasteiger partial charge on any atom is 0.103 e. The molecule has 30 heavy (non-hydrogen) atoms. The van der Waals surface area contributed by atoms with Crippen LogP contribution in [0.4, 0.5) is 0 Å². The van der Waals surface area contributed by atoms with Crippen molar-refractivity contribution in [2.75, 3.05) is 0 Å². The molecule has 0 unspecified atom stereocenters. The van der Waals surface area contributed by atoms with Crippen LogP contribution in [0.15, 0.2) is 133 Å².